The molecule has 1 fully saturated rings. The van der Waals surface area contributed by atoms with Crippen molar-refractivity contribution in [3.63, 3.8) is 0 Å². The Morgan fingerprint density at radius 3 is 2.83 bits per heavy atom. The quantitative estimate of drug-likeness (QED) is 0.623. The average molecular weight is 168 g/mol. The van der Waals surface area contributed by atoms with Gasteiger partial charge in [-0.25, -0.2) is 0 Å². The zero-order chi connectivity index (χ0) is 8.55. The summed E-state index contributed by atoms with van der Waals surface area (Å²) < 4.78 is 4.72. The lowest BCUT2D eigenvalue weighted by molar-refractivity contribution is 0.0917. The first-order valence-corrected chi connectivity index (χ1v) is 3.65. The van der Waals surface area contributed by atoms with Crippen LogP contribution in [0.2, 0.25) is 0 Å². The Bertz CT molecular complexity index is 304. The first-order chi connectivity index (χ1) is 5.75. The maximum atomic E-state index is 11.1. The standard InChI is InChI=1S/C6H8N4O2/c7-6-10-9-5(12-6)4(11)8-3-1-2-3/h3H,1-2H2,(H2,7,10)(H,8,11). The van der Waals surface area contributed by atoms with Gasteiger partial charge in [-0.3, -0.25) is 4.79 Å². The van der Waals surface area contributed by atoms with E-state index in [1.54, 1.807) is 0 Å². The smallest absolute Gasteiger partial charge is 0.313 e. The largest absolute Gasteiger partial charge is 0.399 e. The lowest BCUT2D eigenvalue weighted by Crippen LogP contribution is -2.25. The van der Waals surface area contributed by atoms with Gasteiger partial charge in [0.2, 0.25) is 0 Å². The number of nitrogens with zero attached hydrogens (tertiary/aromatic N) is 2. The van der Waals surface area contributed by atoms with Crippen LogP contribution in [0.1, 0.15) is 23.5 Å². The molecule has 1 aliphatic rings. The Kier molecular flexibility index (Phi) is 1.46. The summed E-state index contributed by atoms with van der Waals surface area (Å²) in [5, 5.41) is 9.50. The number of nitrogen functional groups attached to an aromatic ring is 1. The zero-order valence-corrected chi connectivity index (χ0v) is 6.28. The van der Waals surface area contributed by atoms with Gasteiger partial charge in [-0.2, -0.15) is 0 Å². The van der Waals surface area contributed by atoms with Gasteiger partial charge in [0, 0.05) is 6.04 Å². The molecule has 3 N–H and O–H groups in total. The molecule has 6 nitrogen and oxygen atoms in total. The van der Waals surface area contributed by atoms with Gasteiger partial charge in [-0.15, -0.1) is 5.10 Å². The van der Waals surface area contributed by atoms with Crippen LogP contribution in [0.3, 0.4) is 0 Å². The molecule has 1 aliphatic carbocycles. The molecule has 2 rings (SSSR count). The summed E-state index contributed by atoms with van der Waals surface area (Å²) in [5.41, 5.74) is 5.14. The molecule has 1 amide bonds. The van der Waals surface area contributed by atoms with Crippen molar-refractivity contribution < 1.29 is 9.21 Å². The molecule has 6 heteroatoms. The fourth-order valence-corrected chi connectivity index (χ4v) is 0.801. The highest BCUT2D eigenvalue weighted by Crippen LogP contribution is 2.19. The van der Waals surface area contributed by atoms with Crippen LogP contribution in [0.25, 0.3) is 0 Å². The number of nitrogens with one attached hydrogen (secondary N) is 1. The van der Waals surface area contributed by atoms with Gasteiger partial charge in [0.05, 0.1) is 0 Å². The number of nitrogens with two attached hydrogens (primary N) is 1. The summed E-state index contributed by atoms with van der Waals surface area (Å²) in [7, 11) is 0. The van der Waals surface area contributed by atoms with Gasteiger partial charge in [0.1, 0.15) is 0 Å². The Labute approximate surface area is 68.1 Å². The number of carbonyl (C=O) groups excluding carboxylic acids is 1. The van der Waals surface area contributed by atoms with Crippen molar-refractivity contribution in [2.45, 2.75) is 18.9 Å². The van der Waals surface area contributed by atoms with E-state index in [9.17, 15) is 4.79 Å². The molecular weight excluding hydrogens is 160 g/mol. The normalized spacial score (nSPS) is 16.0. The van der Waals surface area contributed by atoms with Crippen molar-refractivity contribution in [1.29, 1.82) is 0 Å². The van der Waals surface area contributed by atoms with Crippen LogP contribution >= 0.6 is 0 Å². The number of hydrogen-bond acceptors (Lipinski definition) is 5. The van der Waals surface area contributed by atoms with Crippen LogP contribution in [0.15, 0.2) is 4.42 Å². The SMILES string of the molecule is Nc1nnc(C(=O)NC2CC2)o1. The molecule has 0 aromatic carbocycles. The minimum Gasteiger partial charge on any atom is -0.399 e. The maximum absolute atomic E-state index is 11.1. The molecule has 0 unspecified atom stereocenters. The van der Waals surface area contributed by atoms with Gasteiger partial charge < -0.3 is 15.5 Å². The van der Waals surface area contributed by atoms with Crippen LogP contribution < -0.4 is 11.1 Å². The summed E-state index contributed by atoms with van der Waals surface area (Å²) in [4.78, 5) is 11.1. The minimum absolute atomic E-state index is 0.0700. The summed E-state index contributed by atoms with van der Waals surface area (Å²) in [6, 6.07) is 0.196. The van der Waals surface area contributed by atoms with Crippen molar-refractivity contribution in [1.82, 2.24) is 15.5 Å². The first kappa shape index (κ1) is 7.08. The molecule has 0 atom stereocenters. The van der Waals surface area contributed by atoms with Crippen molar-refractivity contribution in [3.05, 3.63) is 5.89 Å². The molecule has 64 valence electrons. The van der Waals surface area contributed by atoms with Gasteiger partial charge in [-0.1, -0.05) is 5.10 Å². The molecule has 1 heterocycles. The van der Waals surface area contributed by atoms with Crippen LogP contribution in [0, 0.1) is 0 Å². The molecule has 0 radical (unpaired) electrons. The fourth-order valence-electron chi connectivity index (χ4n) is 0.801. The summed E-state index contributed by atoms with van der Waals surface area (Å²) in [6.45, 7) is 0. The van der Waals surface area contributed by atoms with E-state index in [0.717, 1.165) is 12.8 Å². The number of amides is 1. The lowest BCUT2D eigenvalue weighted by atomic mass is 10.5. The maximum Gasteiger partial charge on any atom is 0.313 e. The van der Waals surface area contributed by atoms with Gasteiger partial charge in [0.25, 0.3) is 0 Å². The van der Waals surface area contributed by atoms with Gasteiger partial charge in [0.15, 0.2) is 0 Å². The molecule has 1 aromatic heterocycles. The van der Waals surface area contributed by atoms with Crippen molar-refractivity contribution >= 4 is 11.9 Å². The number of hydrogen-bond donors (Lipinski definition) is 2. The number of anilines is 1. The highest BCUT2D eigenvalue weighted by molar-refractivity contribution is 5.89. The van der Waals surface area contributed by atoms with Crippen molar-refractivity contribution in [2.75, 3.05) is 5.73 Å². The highest BCUT2D eigenvalue weighted by Gasteiger charge is 2.25. The fraction of sp³-hybridized carbons (Fsp3) is 0.500. The Morgan fingerprint density at radius 1 is 1.58 bits per heavy atom. The highest BCUT2D eigenvalue weighted by atomic mass is 16.4. The lowest BCUT2D eigenvalue weighted by Gasteiger charge is -1.95. The molecule has 0 spiro atoms. The molecular formula is C6H8N4O2. The van der Waals surface area contributed by atoms with Crippen LogP contribution in [0.4, 0.5) is 6.01 Å². The molecule has 12 heavy (non-hydrogen) atoms. The number of aromatic nitrogens is 2. The van der Waals surface area contributed by atoms with Crippen molar-refractivity contribution in [2.24, 2.45) is 0 Å². The van der Waals surface area contributed by atoms with E-state index in [2.05, 4.69) is 15.5 Å². The number of rotatable bonds is 2. The predicted molar refractivity (Wildman–Crippen MR) is 39.2 cm³/mol. The zero-order valence-electron chi connectivity index (χ0n) is 6.28. The van der Waals surface area contributed by atoms with E-state index in [1.807, 2.05) is 0 Å². The van der Waals surface area contributed by atoms with Crippen LogP contribution in [0.5, 0.6) is 0 Å². The third-order valence-electron chi connectivity index (χ3n) is 1.55. The molecule has 0 saturated heterocycles. The summed E-state index contributed by atoms with van der Waals surface area (Å²) in [6.07, 6.45) is 2.05. The predicted octanol–water partition coefficient (Wildman–Crippen LogP) is -0.456. The topological polar surface area (TPSA) is 94.0 Å². The van der Waals surface area contributed by atoms with Gasteiger partial charge in [-0.05, 0) is 12.8 Å². The molecule has 0 bridgehead atoms. The third kappa shape index (κ3) is 1.36. The second-order valence-corrected chi connectivity index (χ2v) is 2.69. The first-order valence-electron chi connectivity index (χ1n) is 3.65. The second kappa shape index (κ2) is 2.47. The van der Waals surface area contributed by atoms with Gasteiger partial charge >= 0.3 is 17.8 Å². The number of carbonyl (C=O) groups is 1. The van der Waals surface area contributed by atoms with E-state index in [0.29, 0.717) is 0 Å². The molecule has 1 aromatic rings. The van der Waals surface area contributed by atoms with E-state index in [4.69, 9.17) is 10.2 Å². The van der Waals surface area contributed by atoms with E-state index >= 15 is 0 Å². The third-order valence-corrected chi connectivity index (χ3v) is 1.55. The van der Waals surface area contributed by atoms with E-state index < -0.39 is 0 Å². The van der Waals surface area contributed by atoms with E-state index in [-0.39, 0.29) is 23.9 Å². The Morgan fingerprint density at radius 2 is 2.33 bits per heavy atom. The van der Waals surface area contributed by atoms with Crippen LogP contribution in [-0.4, -0.2) is 22.1 Å². The average Bonchev–Trinajstić information content (AvgIpc) is 2.72. The minimum atomic E-state index is -0.346. The van der Waals surface area contributed by atoms with Crippen molar-refractivity contribution in [3.8, 4) is 0 Å². The monoisotopic (exact) mass is 168 g/mol. The Hall–Kier alpha value is -1.59. The summed E-state index contributed by atoms with van der Waals surface area (Å²) in [5.74, 6) is -0.416. The second-order valence-electron chi connectivity index (χ2n) is 2.69. The molecule has 0 aliphatic heterocycles. The van der Waals surface area contributed by atoms with Crippen LogP contribution in [-0.2, 0) is 0 Å². The Balaban J connectivity index is 2.03. The summed E-state index contributed by atoms with van der Waals surface area (Å²) >= 11 is 0. The van der Waals surface area contributed by atoms with E-state index in [1.165, 1.54) is 0 Å². The molecule has 1 saturated carbocycles.